The number of rotatable bonds is 1. The number of nitrogens with one attached hydrogen (secondary N) is 2. The van der Waals surface area contributed by atoms with Crippen LogP contribution in [0.25, 0.3) is 11.0 Å². The number of aromatic carboxylic acids is 1. The zero-order valence-corrected chi connectivity index (χ0v) is 9.04. The number of carbonyl (C=O) groups is 1. The number of H-pyrrole nitrogens is 2. The van der Waals surface area contributed by atoms with Gasteiger partial charge in [-0.1, -0.05) is 24.4 Å². The molecule has 0 aliphatic rings. The summed E-state index contributed by atoms with van der Waals surface area (Å²) in [5, 5.41) is 8.80. The second-order valence-corrected chi connectivity index (χ2v) is 3.79. The van der Waals surface area contributed by atoms with Gasteiger partial charge in [-0.25, -0.2) is 4.79 Å². The largest absolute Gasteiger partial charge is 0.478 e. The quantitative estimate of drug-likeness (QED) is 0.668. The van der Waals surface area contributed by atoms with Crippen LogP contribution in [0.1, 0.15) is 10.4 Å². The topological polar surface area (TPSA) is 68.9 Å². The molecule has 0 unspecified atom stereocenters. The van der Waals surface area contributed by atoms with Gasteiger partial charge in [0.2, 0.25) is 0 Å². The van der Waals surface area contributed by atoms with Crippen molar-refractivity contribution < 1.29 is 9.90 Å². The number of fused-ring (bicyclic) bond motifs is 1. The van der Waals surface area contributed by atoms with E-state index in [9.17, 15) is 4.79 Å². The number of carboxylic acids is 1. The fourth-order valence-electron chi connectivity index (χ4n) is 1.25. The van der Waals surface area contributed by atoms with Crippen molar-refractivity contribution in [3.8, 4) is 0 Å². The minimum Gasteiger partial charge on any atom is -0.478 e. The normalized spacial score (nSPS) is 10.4. The van der Waals surface area contributed by atoms with E-state index in [1.165, 1.54) is 12.1 Å². The molecule has 76 valence electrons. The summed E-state index contributed by atoms with van der Waals surface area (Å²) in [6.45, 7) is 0. The Labute approximate surface area is 94.6 Å². The van der Waals surface area contributed by atoms with Crippen LogP contribution in [0.4, 0.5) is 0 Å². The number of aromatic nitrogens is 2. The molecule has 0 bridgehead atoms. The third-order valence-corrected chi connectivity index (χ3v) is 2.71. The van der Waals surface area contributed by atoms with Crippen molar-refractivity contribution in [2.24, 2.45) is 0 Å². The first kappa shape index (κ1) is 10.0. The van der Waals surface area contributed by atoms with Crippen molar-refractivity contribution in [3.63, 3.8) is 0 Å². The molecule has 3 N–H and O–H groups in total. The second kappa shape index (κ2) is 3.56. The SMILES string of the molecule is O=C(O)c1ccc2[nH]c(=S)c(=S)[nH]c2c1. The molecule has 0 radical (unpaired) electrons. The first-order chi connectivity index (χ1) is 7.08. The number of hydrogen-bond acceptors (Lipinski definition) is 3. The Morgan fingerprint density at radius 3 is 2.33 bits per heavy atom. The molecule has 0 spiro atoms. The summed E-state index contributed by atoms with van der Waals surface area (Å²) < 4.78 is 0.848. The summed E-state index contributed by atoms with van der Waals surface area (Å²) in [5.41, 5.74) is 1.57. The summed E-state index contributed by atoms with van der Waals surface area (Å²) in [4.78, 5) is 16.5. The summed E-state index contributed by atoms with van der Waals surface area (Å²) in [6, 6.07) is 4.67. The predicted molar refractivity (Wildman–Crippen MR) is 61.3 cm³/mol. The fourth-order valence-corrected chi connectivity index (χ4v) is 1.57. The molecule has 1 aromatic carbocycles. The van der Waals surface area contributed by atoms with Crippen molar-refractivity contribution in [1.82, 2.24) is 9.97 Å². The Bertz CT molecular complexity index is 657. The van der Waals surface area contributed by atoms with Gasteiger partial charge in [-0.2, -0.15) is 0 Å². The summed E-state index contributed by atoms with van der Waals surface area (Å²) >= 11 is 9.91. The maximum Gasteiger partial charge on any atom is 0.335 e. The van der Waals surface area contributed by atoms with E-state index in [1.54, 1.807) is 6.07 Å². The van der Waals surface area contributed by atoms with Crippen LogP contribution in [0.5, 0.6) is 0 Å². The molecule has 2 aromatic rings. The average molecular weight is 238 g/mol. The molecule has 6 heteroatoms. The minimum atomic E-state index is -0.973. The van der Waals surface area contributed by atoms with Crippen molar-refractivity contribution in [2.75, 3.05) is 0 Å². The van der Waals surface area contributed by atoms with Crippen molar-refractivity contribution >= 4 is 41.4 Å². The van der Waals surface area contributed by atoms with Crippen LogP contribution in [0.3, 0.4) is 0 Å². The van der Waals surface area contributed by atoms with E-state index in [0.717, 1.165) is 5.52 Å². The third-order valence-electron chi connectivity index (χ3n) is 1.97. The zero-order chi connectivity index (χ0) is 11.0. The van der Waals surface area contributed by atoms with Crippen LogP contribution in [-0.4, -0.2) is 21.0 Å². The second-order valence-electron chi connectivity index (χ2n) is 2.97. The van der Waals surface area contributed by atoms with E-state index >= 15 is 0 Å². The molecule has 0 saturated heterocycles. The molecular weight excluding hydrogens is 232 g/mol. The molecule has 1 heterocycles. The Morgan fingerprint density at radius 2 is 1.73 bits per heavy atom. The van der Waals surface area contributed by atoms with Gasteiger partial charge in [0.05, 0.1) is 16.6 Å². The monoisotopic (exact) mass is 238 g/mol. The predicted octanol–water partition coefficient (Wildman–Crippen LogP) is 2.65. The van der Waals surface area contributed by atoms with Crippen LogP contribution in [0.2, 0.25) is 0 Å². The van der Waals surface area contributed by atoms with Gasteiger partial charge in [0.25, 0.3) is 0 Å². The number of benzene rings is 1. The highest BCUT2D eigenvalue weighted by Gasteiger charge is 2.03. The van der Waals surface area contributed by atoms with Crippen LogP contribution < -0.4 is 0 Å². The molecule has 0 amide bonds. The Kier molecular flexibility index (Phi) is 2.37. The van der Waals surface area contributed by atoms with Gasteiger partial charge in [-0.3, -0.25) is 0 Å². The smallest absolute Gasteiger partial charge is 0.335 e. The lowest BCUT2D eigenvalue weighted by Crippen LogP contribution is -1.96. The maximum atomic E-state index is 10.7. The van der Waals surface area contributed by atoms with Crippen LogP contribution >= 0.6 is 24.4 Å². The average Bonchev–Trinajstić information content (AvgIpc) is 2.19. The lowest BCUT2D eigenvalue weighted by atomic mass is 10.2. The lowest BCUT2D eigenvalue weighted by Gasteiger charge is -2.00. The molecule has 0 atom stereocenters. The zero-order valence-electron chi connectivity index (χ0n) is 7.40. The third kappa shape index (κ3) is 1.81. The first-order valence-electron chi connectivity index (χ1n) is 4.07. The van der Waals surface area contributed by atoms with Crippen LogP contribution in [-0.2, 0) is 0 Å². The molecule has 15 heavy (non-hydrogen) atoms. The molecule has 1 aromatic heterocycles. The molecule has 0 aliphatic heterocycles. The summed E-state index contributed by atoms with van der Waals surface area (Å²) in [7, 11) is 0. The highest BCUT2D eigenvalue weighted by atomic mass is 32.1. The lowest BCUT2D eigenvalue weighted by molar-refractivity contribution is 0.0697. The number of aromatic amines is 2. The van der Waals surface area contributed by atoms with Gasteiger partial charge < -0.3 is 15.1 Å². The fraction of sp³-hybridized carbons (Fsp3) is 0. The highest BCUT2D eigenvalue weighted by Crippen LogP contribution is 2.11. The van der Waals surface area contributed by atoms with E-state index < -0.39 is 5.97 Å². The standard InChI is InChI=1S/C9H6N2O2S2/c12-9(13)4-1-2-5-6(3-4)11-8(15)7(14)10-5/h1-3H,(H,10,14)(H,11,15)(H,12,13). The van der Waals surface area contributed by atoms with Gasteiger partial charge >= 0.3 is 5.97 Å². The molecule has 4 nitrogen and oxygen atoms in total. The van der Waals surface area contributed by atoms with Gasteiger partial charge in [0.15, 0.2) is 0 Å². The molecule has 2 rings (SSSR count). The van der Waals surface area contributed by atoms with Crippen LogP contribution in [0.15, 0.2) is 18.2 Å². The molecule has 0 saturated carbocycles. The first-order valence-corrected chi connectivity index (χ1v) is 4.89. The van der Waals surface area contributed by atoms with Gasteiger partial charge in [-0.05, 0) is 18.2 Å². The molecular formula is C9H6N2O2S2. The van der Waals surface area contributed by atoms with E-state index in [0.29, 0.717) is 14.8 Å². The minimum absolute atomic E-state index is 0.207. The van der Waals surface area contributed by atoms with Crippen molar-refractivity contribution in [3.05, 3.63) is 33.0 Å². The van der Waals surface area contributed by atoms with E-state index in [2.05, 4.69) is 9.97 Å². The molecule has 0 fully saturated rings. The van der Waals surface area contributed by atoms with Gasteiger partial charge in [0.1, 0.15) is 9.28 Å². The summed E-state index contributed by atoms with van der Waals surface area (Å²) in [5.74, 6) is -0.973. The van der Waals surface area contributed by atoms with Crippen molar-refractivity contribution in [2.45, 2.75) is 0 Å². The van der Waals surface area contributed by atoms with E-state index in [-0.39, 0.29) is 5.56 Å². The number of carboxylic acid groups (broad SMARTS) is 1. The Hall–Kier alpha value is -1.53. The number of hydrogen-bond donors (Lipinski definition) is 3. The van der Waals surface area contributed by atoms with Crippen molar-refractivity contribution in [1.29, 1.82) is 0 Å². The maximum absolute atomic E-state index is 10.7. The van der Waals surface area contributed by atoms with Gasteiger partial charge in [0, 0.05) is 0 Å². The van der Waals surface area contributed by atoms with E-state index in [4.69, 9.17) is 29.5 Å². The Balaban J connectivity index is 2.83. The van der Waals surface area contributed by atoms with Gasteiger partial charge in [-0.15, -0.1) is 0 Å². The Morgan fingerprint density at radius 1 is 1.13 bits per heavy atom. The van der Waals surface area contributed by atoms with Crippen LogP contribution in [0, 0.1) is 9.28 Å². The highest BCUT2D eigenvalue weighted by molar-refractivity contribution is 7.73. The summed E-state index contributed by atoms with van der Waals surface area (Å²) in [6.07, 6.45) is 0. The van der Waals surface area contributed by atoms with E-state index in [1.807, 2.05) is 0 Å². The molecule has 0 aliphatic carbocycles.